The smallest absolute Gasteiger partial charge is 0.207 e. The van der Waals surface area contributed by atoms with E-state index in [2.05, 4.69) is 5.32 Å². The number of benzene rings is 1. The highest BCUT2D eigenvalue weighted by Crippen LogP contribution is 2.09. The van der Waals surface area contributed by atoms with Crippen molar-refractivity contribution >= 4 is 12.1 Å². The molecule has 0 heterocycles. The number of nitrogens with one attached hydrogen (secondary N) is 1. The van der Waals surface area contributed by atoms with Crippen molar-refractivity contribution < 1.29 is 4.79 Å². The van der Waals surface area contributed by atoms with Crippen LogP contribution in [0.3, 0.4) is 0 Å². The van der Waals surface area contributed by atoms with Gasteiger partial charge in [0.1, 0.15) is 0 Å². The summed E-state index contributed by atoms with van der Waals surface area (Å²) in [5.41, 5.74) is 13.3. The maximum absolute atomic E-state index is 10.0. The molecule has 0 aliphatic rings. The lowest BCUT2D eigenvalue weighted by Gasteiger charge is -2.03. The van der Waals surface area contributed by atoms with E-state index in [1.54, 1.807) is 0 Å². The second-order valence-corrected chi connectivity index (χ2v) is 2.82. The fraction of sp³-hybridized carbons (Fsp3) is 0.100. The summed E-state index contributed by atoms with van der Waals surface area (Å²) in [7, 11) is 0. The quantitative estimate of drug-likeness (QED) is 0.592. The molecule has 0 aromatic heterocycles. The van der Waals surface area contributed by atoms with Crippen LogP contribution in [-0.4, -0.2) is 6.41 Å². The lowest BCUT2D eigenvalue weighted by molar-refractivity contribution is -0.109. The van der Waals surface area contributed by atoms with Crippen molar-refractivity contribution in [3.8, 4) is 0 Å². The first-order valence-corrected chi connectivity index (χ1v) is 4.21. The van der Waals surface area contributed by atoms with Crippen LogP contribution in [-0.2, 0) is 11.3 Å². The molecule has 0 bridgehead atoms. The van der Waals surface area contributed by atoms with Crippen LogP contribution in [0.25, 0.3) is 5.70 Å². The van der Waals surface area contributed by atoms with E-state index in [0.29, 0.717) is 18.7 Å². The third kappa shape index (κ3) is 2.52. The standard InChI is InChI=1S/C10H13N3O/c11-5-10(12)9-3-1-8(2-4-9)6-13-7-14/h1-5,7H,6,11-12H2,(H,13,14)/b10-5-. The SMILES string of the molecule is N/C=C(\N)c1ccc(CNC=O)cc1. The molecule has 0 spiro atoms. The molecule has 0 fully saturated rings. The molecule has 1 aromatic rings. The number of nitrogens with two attached hydrogens (primary N) is 2. The summed E-state index contributed by atoms with van der Waals surface area (Å²) in [5.74, 6) is 0. The van der Waals surface area contributed by atoms with Crippen LogP contribution in [0.5, 0.6) is 0 Å². The van der Waals surface area contributed by atoms with Crippen LogP contribution in [0.1, 0.15) is 11.1 Å². The summed E-state index contributed by atoms with van der Waals surface area (Å²) in [5, 5.41) is 2.58. The van der Waals surface area contributed by atoms with Gasteiger partial charge < -0.3 is 16.8 Å². The zero-order valence-electron chi connectivity index (χ0n) is 7.73. The van der Waals surface area contributed by atoms with Crippen LogP contribution in [0, 0.1) is 0 Å². The summed E-state index contributed by atoms with van der Waals surface area (Å²) >= 11 is 0. The predicted molar refractivity (Wildman–Crippen MR) is 55.7 cm³/mol. The summed E-state index contributed by atoms with van der Waals surface area (Å²) in [6, 6.07) is 7.51. The van der Waals surface area contributed by atoms with Gasteiger partial charge in [-0.2, -0.15) is 0 Å². The van der Waals surface area contributed by atoms with E-state index in [0.717, 1.165) is 11.1 Å². The molecule has 0 radical (unpaired) electrons. The van der Waals surface area contributed by atoms with E-state index in [1.807, 2.05) is 24.3 Å². The lowest BCUT2D eigenvalue weighted by atomic mass is 10.1. The van der Waals surface area contributed by atoms with Crippen LogP contribution in [0.4, 0.5) is 0 Å². The Hall–Kier alpha value is -1.97. The maximum atomic E-state index is 10.0. The monoisotopic (exact) mass is 191 g/mol. The molecular weight excluding hydrogens is 178 g/mol. The van der Waals surface area contributed by atoms with Crippen molar-refractivity contribution in [1.29, 1.82) is 0 Å². The highest BCUT2D eigenvalue weighted by atomic mass is 16.1. The third-order valence-corrected chi connectivity index (χ3v) is 1.86. The molecule has 0 aliphatic carbocycles. The molecular formula is C10H13N3O. The Bertz CT molecular complexity index is 330. The van der Waals surface area contributed by atoms with Crippen molar-refractivity contribution in [2.75, 3.05) is 0 Å². The summed E-state index contributed by atoms with van der Waals surface area (Å²) in [6.45, 7) is 0.524. The van der Waals surface area contributed by atoms with Crippen LogP contribution in [0.2, 0.25) is 0 Å². The molecule has 0 saturated heterocycles. The van der Waals surface area contributed by atoms with Crippen LogP contribution in [0.15, 0.2) is 30.5 Å². The second-order valence-electron chi connectivity index (χ2n) is 2.82. The van der Waals surface area contributed by atoms with E-state index < -0.39 is 0 Å². The van der Waals surface area contributed by atoms with E-state index >= 15 is 0 Å². The minimum absolute atomic E-state index is 0.524. The Labute approximate surface area is 82.6 Å². The number of amides is 1. The van der Waals surface area contributed by atoms with Gasteiger partial charge in [0.15, 0.2) is 0 Å². The zero-order valence-corrected chi connectivity index (χ0v) is 7.73. The molecule has 1 rings (SSSR count). The Balaban J connectivity index is 2.73. The van der Waals surface area contributed by atoms with E-state index in [-0.39, 0.29) is 0 Å². The first-order valence-electron chi connectivity index (χ1n) is 4.21. The summed E-state index contributed by atoms with van der Waals surface area (Å²) < 4.78 is 0. The van der Waals surface area contributed by atoms with Gasteiger partial charge in [0.05, 0.1) is 5.70 Å². The Morgan fingerprint density at radius 1 is 1.36 bits per heavy atom. The molecule has 0 atom stereocenters. The van der Waals surface area contributed by atoms with Gasteiger partial charge in [-0.3, -0.25) is 4.79 Å². The minimum atomic E-state index is 0.524. The predicted octanol–water partition coefficient (Wildman–Crippen LogP) is 0.148. The molecule has 14 heavy (non-hydrogen) atoms. The highest BCUT2D eigenvalue weighted by molar-refractivity contribution is 5.62. The van der Waals surface area contributed by atoms with Gasteiger partial charge in [-0.1, -0.05) is 24.3 Å². The van der Waals surface area contributed by atoms with Crippen molar-refractivity contribution in [2.24, 2.45) is 11.5 Å². The lowest BCUT2D eigenvalue weighted by Crippen LogP contribution is -2.09. The number of carbonyl (C=O) groups is 1. The van der Waals surface area contributed by atoms with Gasteiger partial charge in [0.2, 0.25) is 6.41 Å². The van der Waals surface area contributed by atoms with Gasteiger partial charge >= 0.3 is 0 Å². The second kappa shape index (κ2) is 4.91. The van der Waals surface area contributed by atoms with Crippen LogP contribution < -0.4 is 16.8 Å². The molecule has 1 amide bonds. The average Bonchev–Trinajstić information content (AvgIpc) is 2.26. The average molecular weight is 191 g/mol. The molecule has 0 unspecified atom stereocenters. The fourth-order valence-electron chi connectivity index (χ4n) is 1.07. The van der Waals surface area contributed by atoms with E-state index in [4.69, 9.17) is 11.5 Å². The topological polar surface area (TPSA) is 81.1 Å². The number of carbonyl (C=O) groups excluding carboxylic acids is 1. The van der Waals surface area contributed by atoms with Crippen molar-refractivity contribution in [3.05, 3.63) is 41.6 Å². The molecule has 1 aromatic carbocycles. The molecule has 4 heteroatoms. The molecule has 74 valence electrons. The summed E-state index contributed by atoms with van der Waals surface area (Å²) in [4.78, 5) is 10.0. The molecule has 4 nitrogen and oxygen atoms in total. The van der Waals surface area contributed by atoms with Gasteiger partial charge in [0.25, 0.3) is 0 Å². The normalized spacial score (nSPS) is 11.0. The van der Waals surface area contributed by atoms with Gasteiger partial charge in [-0.25, -0.2) is 0 Å². The van der Waals surface area contributed by atoms with Gasteiger partial charge in [-0.15, -0.1) is 0 Å². The molecule has 0 saturated carbocycles. The van der Waals surface area contributed by atoms with Crippen LogP contribution >= 0.6 is 0 Å². The van der Waals surface area contributed by atoms with E-state index in [9.17, 15) is 4.79 Å². The number of rotatable bonds is 4. The number of hydrogen-bond donors (Lipinski definition) is 3. The highest BCUT2D eigenvalue weighted by Gasteiger charge is 1.95. The number of hydrogen-bond acceptors (Lipinski definition) is 3. The fourth-order valence-corrected chi connectivity index (χ4v) is 1.07. The van der Waals surface area contributed by atoms with Crippen molar-refractivity contribution in [3.63, 3.8) is 0 Å². The maximum Gasteiger partial charge on any atom is 0.207 e. The Morgan fingerprint density at radius 3 is 2.50 bits per heavy atom. The first-order chi connectivity index (χ1) is 6.77. The third-order valence-electron chi connectivity index (χ3n) is 1.86. The first kappa shape index (κ1) is 10.1. The van der Waals surface area contributed by atoms with E-state index in [1.165, 1.54) is 6.20 Å². The van der Waals surface area contributed by atoms with Crippen molar-refractivity contribution in [2.45, 2.75) is 6.54 Å². The van der Waals surface area contributed by atoms with Crippen molar-refractivity contribution in [1.82, 2.24) is 5.32 Å². The molecule has 5 N–H and O–H groups in total. The Morgan fingerprint density at radius 2 is 2.00 bits per heavy atom. The van der Waals surface area contributed by atoms with Gasteiger partial charge in [-0.05, 0) is 11.1 Å². The van der Waals surface area contributed by atoms with Gasteiger partial charge in [0, 0.05) is 12.7 Å². The largest absolute Gasteiger partial charge is 0.403 e. The minimum Gasteiger partial charge on any atom is -0.403 e. The summed E-state index contributed by atoms with van der Waals surface area (Å²) in [6.07, 6.45) is 2.03. The Kier molecular flexibility index (Phi) is 3.55. The molecule has 0 aliphatic heterocycles. The zero-order chi connectivity index (χ0) is 10.4.